The molecule has 0 aromatic heterocycles. The van der Waals surface area contributed by atoms with Crippen molar-refractivity contribution in [2.45, 2.75) is 36.8 Å². The fourth-order valence-corrected chi connectivity index (χ4v) is 7.03. The minimum absolute atomic E-state index is 0.108. The molecule has 0 spiro atoms. The van der Waals surface area contributed by atoms with E-state index in [1.165, 1.54) is 5.56 Å². The Morgan fingerprint density at radius 3 is 2.19 bits per heavy atom. The van der Waals surface area contributed by atoms with E-state index in [0.717, 1.165) is 42.0 Å². The summed E-state index contributed by atoms with van der Waals surface area (Å²) in [6, 6.07) is 20.8. The number of amides is 1. The third-order valence-corrected chi connectivity index (χ3v) is 9.79. The molecule has 8 nitrogen and oxygen atoms in total. The number of hydrogen-bond donors (Lipinski definition) is 0. The van der Waals surface area contributed by atoms with Crippen LogP contribution in [0.3, 0.4) is 0 Å². The van der Waals surface area contributed by atoms with Crippen LogP contribution < -0.4 is 14.5 Å². The van der Waals surface area contributed by atoms with E-state index in [2.05, 4.69) is 16.7 Å². The van der Waals surface area contributed by atoms with Gasteiger partial charge in [0.1, 0.15) is 5.75 Å². The molecule has 2 aliphatic rings. The van der Waals surface area contributed by atoms with E-state index in [-0.39, 0.29) is 16.6 Å². The van der Waals surface area contributed by atoms with Crippen LogP contribution in [0.4, 0.5) is 11.4 Å². The van der Waals surface area contributed by atoms with Crippen LogP contribution in [0, 0.1) is 0 Å². The molecule has 2 fully saturated rings. The molecule has 0 unspecified atom stereocenters. The SMILES string of the molecule is CCCCc1ccc(CS(=O)(=O)c2ccc(N3CCOCC3)c(C(=O)N3CCN(c4ccccc4OC)CC3)c2)cc1. The molecule has 3 aromatic carbocycles. The lowest BCUT2D eigenvalue weighted by Gasteiger charge is -2.37. The number of anilines is 2. The van der Waals surface area contributed by atoms with Crippen molar-refractivity contribution in [1.82, 2.24) is 4.90 Å². The van der Waals surface area contributed by atoms with Crippen molar-refractivity contribution in [3.8, 4) is 5.75 Å². The van der Waals surface area contributed by atoms with Gasteiger partial charge in [0.25, 0.3) is 5.91 Å². The Hall–Kier alpha value is -3.56. The van der Waals surface area contributed by atoms with Crippen LogP contribution in [0.15, 0.2) is 71.6 Å². The Morgan fingerprint density at radius 2 is 1.50 bits per heavy atom. The molecule has 0 saturated carbocycles. The number of aryl methyl sites for hydroxylation is 1. The van der Waals surface area contributed by atoms with Gasteiger partial charge in [-0.15, -0.1) is 0 Å². The van der Waals surface area contributed by atoms with Gasteiger partial charge in [-0.05, 0) is 54.3 Å². The number of carbonyl (C=O) groups is 1. The number of para-hydroxylation sites is 2. The van der Waals surface area contributed by atoms with Crippen LogP contribution in [0.1, 0.15) is 41.3 Å². The second-order valence-corrected chi connectivity index (χ2v) is 12.9. The van der Waals surface area contributed by atoms with Gasteiger partial charge >= 0.3 is 0 Å². The number of sulfone groups is 1. The van der Waals surface area contributed by atoms with Gasteiger partial charge in [0, 0.05) is 45.0 Å². The van der Waals surface area contributed by atoms with Gasteiger partial charge in [-0.2, -0.15) is 0 Å². The van der Waals surface area contributed by atoms with Crippen LogP contribution >= 0.6 is 0 Å². The van der Waals surface area contributed by atoms with Gasteiger partial charge in [0.2, 0.25) is 0 Å². The minimum Gasteiger partial charge on any atom is -0.495 e. The largest absolute Gasteiger partial charge is 0.495 e. The Balaban J connectivity index is 1.37. The Kier molecular flexibility index (Phi) is 9.69. The smallest absolute Gasteiger partial charge is 0.256 e. The van der Waals surface area contributed by atoms with Crippen molar-refractivity contribution in [2.75, 3.05) is 69.4 Å². The molecule has 42 heavy (non-hydrogen) atoms. The normalized spacial score (nSPS) is 16.0. The fourth-order valence-electron chi connectivity index (χ4n) is 5.66. The topological polar surface area (TPSA) is 79.4 Å². The number of methoxy groups -OCH3 is 1. The highest BCUT2D eigenvalue weighted by molar-refractivity contribution is 7.90. The zero-order valence-electron chi connectivity index (χ0n) is 24.6. The number of benzene rings is 3. The van der Waals surface area contributed by atoms with Crippen LogP contribution in [0.5, 0.6) is 5.75 Å². The summed E-state index contributed by atoms with van der Waals surface area (Å²) in [4.78, 5) is 20.4. The molecular formula is C33H41N3O5S. The average Bonchev–Trinajstić information content (AvgIpc) is 3.04. The van der Waals surface area contributed by atoms with Gasteiger partial charge in [-0.3, -0.25) is 4.79 Å². The third-order valence-electron chi connectivity index (χ3n) is 8.10. The summed E-state index contributed by atoms with van der Waals surface area (Å²) in [5.41, 5.74) is 4.15. The van der Waals surface area contributed by atoms with Crippen molar-refractivity contribution >= 4 is 27.1 Å². The first-order chi connectivity index (χ1) is 20.4. The second kappa shape index (κ2) is 13.6. The predicted octanol–water partition coefficient (Wildman–Crippen LogP) is 4.81. The molecule has 3 aromatic rings. The highest BCUT2D eigenvalue weighted by atomic mass is 32.2. The molecule has 0 aliphatic carbocycles. The van der Waals surface area contributed by atoms with E-state index < -0.39 is 9.84 Å². The van der Waals surface area contributed by atoms with Gasteiger partial charge in [0.15, 0.2) is 9.84 Å². The molecule has 2 saturated heterocycles. The molecule has 0 radical (unpaired) electrons. The molecule has 0 atom stereocenters. The zero-order chi connectivity index (χ0) is 29.5. The summed E-state index contributed by atoms with van der Waals surface area (Å²) < 4.78 is 38.2. The number of morpholine rings is 1. The van der Waals surface area contributed by atoms with E-state index in [4.69, 9.17) is 9.47 Å². The maximum absolute atomic E-state index is 14.0. The predicted molar refractivity (Wildman–Crippen MR) is 167 cm³/mol. The first kappa shape index (κ1) is 29.9. The van der Waals surface area contributed by atoms with E-state index in [1.54, 1.807) is 25.3 Å². The van der Waals surface area contributed by atoms with Crippen molar-refractivity contribution in [3.63, 3.8) is 0 Å². The lowest BCUT2D eigenvalue weighted by Crippen LogP contribution is -2.49. The summed E-state index contributed by atoms with van der Waals surface area (Å²) in [5.74, 6) is 0.553. The summed E-state index contributed by atoms with van der Waals surface area (Å²) in [6.07, 6.45) is 3.22. The standard InChI is InChI=1S/C33H41N3O5S/c1-3-4-7-26-10-12-27(13-11-26)25-42(38,39)28-14-15-30(35-20-22-41-23-21-35)29(24-28)33(37)36-18-16-34(17-19-36)31-8-5-6-9-32(31)40-2/h5-6,8-15,24H,3-4,7,16-23,25H2,1-2H3. The quantitative estimate of drug-likeness (QED) is 0.335. The molecule has 9 heteroatoms. The number of piperazine rings is 1. The van der Waals surface area contributed by atoms with Crippen molar-refractivity contribution in [1.29, 1.82) is 0 Å². The monoisotopic (exact) mass is 591 g/mol. The number of carbonyl (C=O) groups excluding carboxylic acids is 1. The summed E-state index contributed by atoms with van der Waals surface area (Å²) in [7, 11) is -2.00. The van der Waals surface area contributed by atoms with Gasteiger partial charge in [0.05, 0.1) is 42.2 Å². The van der Waals surface area contributed by atoms with Gasteiger partial charge < -0.3 is 24.2 Å². The van der Waals surface area contributed by atoms with E-state index in [1.807, 2.05) is 53.4 Å². The fraction of sp³-hybridized carbons (Fsp3) is 0.424. The van der Waals surface area contributed by atoms with Gasteiger partial charge in [-0.1, -0.05) is 49.7 Å². The Morgan fingerprint density at radius 1 is 0.833 bits per heavy atom. The first-order valence-electron chi connectivity index (χ1n) is 14.8. The van der Waals surface area contributed by atoms with Gasteiger partial charge in [-0.25, -0.2) is 8.42 Å². The number of unbranched alkanes of at least 4 members (excludes halogenated alkanes) is 1. The van der Waals surface area contributed by atoms with E-state index >= 15 is 0 Å². The molecule has 0 bridgehead atoms. The highest BCUT2D eigenvalue weighted by Crippen LogP contribution is 2.31. The lowest BCUT2D eigenvalue weighted by atomic mass is 10.1. The Labute approximate surface area is 249 Å². The summed E-state index contributed by atoms with van der Waals surface area (Å²) in [6.45, 7) is 6.97. The molecule has 224 valence electrons. The second-order valence-electron chi connectivity index (χ2n) is 10.9. The first-order valence-corrected chi connectivity index (χ1v) is 16.5. The number of ether oxygens (including phenoxy) is 2. The average molecular weight is 592 g/mol. The van der Waals surface area contributed by atoms with Crippen molar-refractivity contribution in [2.24, 2.45) is 0 Å². The third kappa shape index (κ3) is 6.90. The number of nitrogens with zero attached hydrogens (tertiary/aromatic N) is 3. The van der Waals surface area contributed by atoms with E-state index in [9.17, 15) is 13.2 Å². The van der Waals surface area contributed by atoms with E-state index in [0.29, 0.717) is 58.0 Å². The van der Waals surface area contributed by atoms with Crippen molar-refractivity contribution in [3.05, 3.63) is 83.4 Å². The maximum atomic E-state index is 14.0. The van der Waals surface area contributed by atoms with Crippen LogP contribution in [-0.2, 0) is 26.7 Å². The summed E-state index contributed by atoms with van der Waals surface area (Å²) in [5, 5.41) is 0. The van der Waals surface area contributed by atoms with Crippen LogP contribution in [0.25, 0.3) is 0 Å². The Bertz CT molecular complexity index is 1460. The minimum atomic E-state index is -3.67. The summed E-state index contributed by atoms with van der Waals surface area (Å²) >= 11 is 0. The lowest BCUT2D eigenvalue weighted by molar-refractivity contribution is 0.0745. The van der Waals surface area contributed by atoms with Crippen LogP contribution in [-0.4, -0.2) is 78.8 Å². The molecule has 1 amide bonds. The molecule has 0 N–H and O–H groups in total. The molecule has 5 rings (SSSR count). The maximum Gasteiger partial charge on any atom is 0.256 e. The van der Waals surface area contributed by atoms with Crippen LogP contribution in [0.2, 0.25) is 0 Å². The number of hydrogen-bond acceptors (Lipinski definition) is 7. The molecule has 2 heterocycles. The highest BCUT2D eigenvalue weighted by Gasteiger charge is 2.29. The molecular weight excluding hydrogens is 550 g/mol. The number of rotatable bonds is 10. The zero-order valence-corrected chi connectivity index (χ0v) is 25.4. The van der Waals surface area contributed by atoms with Crippen molar-refractivity contribution < 1.29 is 22.7 Å². The molecule has 2 aliphatic heterocycles.